The zero-order valence-corrected chi connectivity index (χ0v) is 14.3. The Bertz CT molecular complexity index is 880. The van der Waals surface area contributed by atoms with E-state index in [1.54, 1.807) is 22.0 Å². The Kier molecular flexibility index (Phi) is 4.50. The summed E-state index contributed by atoms with van der Waals surface area (Å²) in [5.41, 5.74) is 2.37. The van der Waals surface area contributed by atoms with E-state index < -0.39 is 6.10 Å². The van der Waals surface area contributed by atoms with Gasteiger partial charge in [0.25, 0.3) is 5.91 Å². The normalized spacial score (nSPS) is 20.1. The molecular formula is C20H20N4O2. The van der Waals surface area contributed by atoms with E-state index in [1.807, 2.05) is 48.5 Å². The molecule has 3 aromatic rings. The van der Waals surface area contributed by atoms with Gasteiger partial charge in [0.2, 0.25) is 0 Å². The summed E-state index contributed by atoms with van der Waals surface area (Å²) in [5.74, 6) is -0.0347. The Hall–Kier alpha value is -2.99. The number of piperidine rings is 1. The smallest absolute Gasteiger partial charge is 0.256 e. The Morgan fingerprint density at radius 3 is 2.58 bits per heavy atom. The molecular weight excluding hydrogens is 328 g/mol. The maximum Gasteiger partial charge on any atom is 0.256 e. The molecule has 26 heavy (non-hydrogen) atoms. The van der Waals surface area contributed by atoms with Gasteiger partial charge in [-0.05, 0) is 24.1 Å². The van der Waals surface area contributed by atoms with Crippen LogP contribution in [0.4, 0.5) is 0 Å². The van der Waals surface area contributed by atoms with Crippen LogP contribution < -0.4 is 0 Å². The van der Waals surface area contributed by atoms with Crippen molar-refractivity contribution in [2.45, 2.75) is 18.4 Å². The van der Waals surface area contributed by atoms with E-state index in [-0.39, 0.29) is 11.8 Å². The molecule has 132 valence electrons. The van der Waals surface area contributed by atoms with Gasteiger partial charge in [0.05, 0.1) is 17.4 Å². The second-order valence-corrected chi connectivity index (χ2v) is 6.48. The number of hydrogen-bond acceptors (Lipinski definition) is 4. The molecule has 4 rings (SSSR count). The largest absolute Gasteiger partial charge is 0.391 e. The lowest BCUT2D eigenvalue weighted by molar-refractivity contribution is 0.0382. The molecule has 1 N–H and O–H groups in total. The predicted molar refractivity (Wildman–Crippen MR) is 97.1 cm³/mol. The van der Waals surface area contributed by atoms with Gasteiger partial charge in [0.1, 0.15) is 12.7 Å². The van der Waals surface area contributed by atoms with Crippen LogP contribution in [0.2, 0.25) is 0 Å². The van der Waals surface area contributed by atoms with Gasteiger partial charge < -0.3 is 10.0 Å². The molecule has 0 spiro atoms. The van der Waals surface area contributed by atoms with E-state index in [9.17, 15) is 9.90 Å². The Morgan fingerprint density at radius 2 is 1.85 bits per heavy atom. The van der Waals surface area contributed by atoms with Crippen molar-refractivity contribution in [1.29, 1.82) is 0 Å². The SMILES string of the molecule is O=C(c1ccccc1-n1cncn1)N1CC[C@@H](c2ccccc2)[C@H](O)C1. The number of para-hydroxylation sites is 1. The predicted octanol–water partition coefficient (Wildman–Crippen LogP) is 2.26. The molecule has 1 aliphatic heterocycles. The number of β-amino-alcohol motifs (C(OH)–C–C–N with tert-alkyl or cyclic N) is 1. The van der Waals surface area contributed by atoms with Crippen molar-refractivity contribution in [3.05, 3.63) is 78.4 Å². The van der Waals surface area contributed by atoms with Crippen molar-refractivity contribution in [1.82, 2.24) is 19.7 Å². The zero-order chi connectivity index (χ0) is 17.9. The number of likely N-dealkylation sites (tertiary alicyclic amines) is 1. The minimum absolute atomic E-state index is 0.0609. The summed E-state index contributed by atoms with van der Waals surface area (Å²) in [6.45, 7) is 0.936. The minimum Gasteiger partial charge on any atom is -0.391 e. The maximum atomic E-state index is 13.1. The molecule has 1 aromatic heterocycles. The fraction of sp³-hybridized carbons (Fsp3) is 0.250. The van der Waals surface area contributed by atoms with E-state index in [0.717, 1.165) is 12.0 Å². The van der Waals surface area contributed by atoms with Gasteiger partial charge in [0.15, 0.2) is 0 Å². The number of carbonyl (C=O) groups is 1. The van der Waals surface area contributed by atoms with Gasteiger partial charge >= 0.3 is 0 Å². The average Bonchev–Trinajstić information content (AvgIpc) is 3.23. The van der Waals surface area contributed by atoms with Gasteiger partial charge in [-0.2, -0.15) is 5.10 Å². The summed E-state index contributed by atoms with van der Waals surface area (Å²) >= 11 is 0. The average molecular weight is 348 g/mol. The highest BCUT2D eigenvalue weighted by Crippen LogP contribution is 2.29. The lowest BCUT2D eigenvalue weighted by Gasteiger charge is -2.36. The number of aromatic nitrogens is 3. The molecule has 1 fully saturated rings. The zero-order valence-electron chi connectivity index (χ0n) is 14.3. The molecule has 6 heteroatoms. The molecule has 2 heterocycles. The van der Waals surface area contributed by atoms with Crippen LogP contribution in [0.1, 0.15) is 28.3 Å². The highest BCUT2D eigenvalue weighted by molar-refractivity contribution is 5.97. The van der Waals surface area contributed by atoms with E-state index in [4.69, 9.17) is 0 Å². The van der Waals surface area contributed by atoms with Crippen LogP contribution in [0, 0.1) is 0 Å². The molecule has 1 saturated heterocycles. The first-order valence-corrected chi connectivity index (χ1v) is 8.70. The first-order chi connectivity index (χ1) is 12.7. The van der Waals surface area contributed by atoms with Crippen LogP contribution in [-0.4, -0.2) is 49.9 Å². The fourth-order valence-corrected chi connectivity index (χ4v) is 3.56. The van der Waals surface area contributed by atoms with Crippen molar-refractivity contribution in [2.24, 2.45) is 0 Å². The van der Waals surface area contributed by atoms with Crippen LogP contribution in [0.3, 0.4) is 0 Å². The summed E-state index contributed by atoms with van der Waals surface area (Å²) in [6.07, 6.45) is 3.18. The number of nitrogens with zero attached hydrogens (tertiary/aromatic N) is 4. The van der Waals surface area contributed by atoms with E-state index in [0.29, 0.717) is 24.3 Å². The third-order valence-corrected chi connectivity index (χ3v) is 4.90. The van der Waals surface area contributed by atoms with Gasteiger partial charge in [-0.15, -0.1) is 0 Å². The molecule has 2 atom stereocenters. The number of aliphatic hydroxyl groups is 1. The van der Waals surface area contributed by atoms with Crippen LogP contribution in [-0.2, 0) is 0 Å². The number of benzene rings is 2. The number of rotatable bonds is 3. The summed E-state index contributed by atoms with van der Waals surface area (Å²) in [4.78, 5) is 18.7. The lowest BCUT2D eigenvalue weighted by Crippen LogP contribution is -2.46. The summed E-state index contributed by atoms with van der Waals surface area (Å²) in [6, 6.07) is 17.3. The van der Waals surface area contributed by atoms with E-state index in [1.165, 1.54) is 6.33 Å². The summed E-state index contributed by atoms with van der Waals surface area (Å²) in [5, 5.41) is 14.7. The summed E-state index contributed by atoms with van der Waals surface area (Å²) < 4.78 is 1.58. The van der Waals surface area contributed by atoms with Crippen molar-refractivity contribution >= 4 is 5.91 Å². The molecule has 0 aliphatic carbocycles. The highest BCUT2D eigenvalue weighted by Gasteiger charge is 2.32. The third kappa shape index (κ3) is 3.11. The molecule has 2 aromatic carbocycles. The third-order valence-electron chi connectivity index (χ3n) is 4.90. The molecule has 0 saturated carbocycles. The highest BCUT2D eigenvalue weighted by atomic mass is 16.3. The number of aliphatic hydroxyl groups excluding tert-OH is 1. The van der Waals surface area contributed by atoms with Crippen LogP contribution >= 0.6 is 0 Å². The Labute approximate surface area is 151 Å². The molecule has 6 nitrogen and oxygen atoms in total. The minimum atomic E-state index is -0.575. The second kappa shape index (κ2) is 7.09. The van der Waals surface area contributed by atoms with Gasteiger partial charge in [0, 0.05) is 19.0 Å². The monoisotopic (exact) mass is 348 g/mol. The van der Waals surface area contributed by atoms with E-state index >= 15 is 0 Å². The molecule has 0 radical (unpaired) electrons. The van der Waals surface area contributed by atoms with Gasteiger partial charge in [-0.25, -0.2) is 9.67 Å². The van der Waals surface area contributed by atoms with Crippen molar-refractivity contribution in [3.63, 3.8) is 0 Å². The number of hydrogen-bond donors (Lipinski definition) is 1. The first kappa shape index (κ1) is 16.5. The molecule has 1 aliphatic rings. The van der Waals surface area contributed by atoms with Crippen molar-refractivity contribution in [2.75, 3.05) is 13.1 Å². The van der Waals surface area contributed by atoms with Crippen molar-refractivity contribution in [3.8, 4) is 5.69 Å². The summed E-state index contributed by atoms with van der Waals surface area (Å²) in [7, 11) is 0. The standard InChI is InChI=1S/C20H20N4O2/c25-19-12-23(11-10-16(19)15-6-2-1-3-7-15)20(26)17-8-4-5-9-18(17)24-14-21-13-22-24/h1-9,13-14,16,19,25H,10-12H2/t16-,19+/m0/s1. The molecule has 1 amide bonds. The topological polar surface area (TPSA) is 71.2 Å². The van der Waals surface area contributed by atoms with Crippen molar-refractivity contribution < 1.29 is 9.90 Å². The molecule has 0 bridgehead atoms. The number of carbonyl (C=O) groups excluding carboxylic acids is 1. The molecule has 0 unspecified atom stereocenters. The van der Waals surface area contributed by atoms with E-state index in [2.05, 4.69) is 10.1 Å². The first-order valence-electron chi connectivity index (χ1n) is 8.70. The van der Waals surface area contributed by atoms with Crippen LogP contribution in [0.15, 0.2) is 67.3 Å². The quantitative estimate of drug-likeness (QED) is 0.788. The maximum absolute atomic E-state index is 13.1. The second-order valence-electron chi connectivity index (χ2n) is 6.48. The number of amides is 1. The van der Waals surface area contributed by atoms with Gasteiger partial charge in [-0.3, -0.25) is 4.79 Å². The van der Waals surface area contributed by atoms with Crippen LogP contribution in [0.5, 0.6) is 0 Å². The fourth-order valence-electron chi connectivity index (χ4n) is 3.56. The Balaban J connectivity index is 1.54. The lowest BCUT2D eigenvalue weighted by atomic mass is 9.87. The Morgan fingerprint density at radius 1 is 1.08 bits per heavy atom. The van der Waals surface area contributed by atoms with Crippen LogP contribution in [0.25, 0.3) is 5.69 Å². The van der Waals surface area contributed by atoms with Gasteiger partial charge in [-0.1, -0.05) is 42.5 Å².